The van der Waals surface area contributed by atoms with Crippen LogP contribution >= 0.6 is 0 Å². The first-order chi connectivity index (χ1) is 15.1. The summed E-state index contributed by atoms with van der Waals surface area (Å²) in [6, 6.07) is 14.3. The number of rotatable bonds is 9. The summed E-state index contributed by atoms with van der Waals surface area (Å²) in [7, 11) is 1.55. The Labute approximate surface area is 182 Å². The highest BCUT2D eigenvalue weighted by molar-refractivity contribution is 5.93. The van der Waals surface area contributed by atoms with E-state index in [1.165, 1.54) is 6.42 Å². The fourth-order valence-electron chi connectivity index (χ4n) is 3.27. The summed E-state index contributed by atoms with van der Waals surface area (Å²) in [5, 5.41) is 6.76. The van der Waals surface area contributed by atoms with E-state index in [1.54, 1.807) is 49.7 Å². The third-order valence-corrected chi connectivity index (χ3v) is 4.85. The van der Waals surface area contributed by atoms with Gasteiger partial charge in [-0.3, -0.25) is 14.5 Å². The molecule has 8 nitrogen and oxygen atoms in total. The van der Waals surface area contributed by atoms with Gasteiger partial charge in [0.05, 0.1) is 25.6 Å². The van der Waals surface area contributed by atoms with Crippen molar-refractivity contribution < 1.29 is 19.1 Å². The zero-order chi connectivity index (χ0) is 21.9. The number of hydrogen-bond donors (Lipinski definition) is 2. The minimum Gasteiger partial charge on any atom is -0.495 e. The molecule has 2 N–H and O–H groups in total. The molecule has 0 spiro atoms. The highest BCUT2D eigenvalue weighted by Crippen LogP contribution is 2.22. The molecule has 2 amide bonds. The number of amides is 2. The van der Waals surface area contributed by atoms with Crippen molar-refractivity contribution in [2.24, 2.45) is 5.10 Å². The Bertz CT molecular complexity index is 893. The number of likely N-dealkylation sites (tertiary alicyclic amines) is 1. The monoisotopic (exact) mass is 424 g/mol. The summed E-state index contributed by atoms with van der Waals surface area (Å²) in [5.41, 5.74) is 3.96. The third-order valence-electron chi connectivity index (χ3n) is 4.85. The number of para-hydroxylation sites is 2. The summed E-state index contributed by atoms with van der Waals surface area (Å²) in [4.78, 5) is 26.2. The summed E-state index contributed by atoms with van der Waals surface area (Å²) in [5.74, 6) is 0.745. The quantitative estimate of drug-likeness (QED) is 0.477. The van der Waals surface area contributed by atoms with Crippen molar-refractivity contribution in [3.05, 3.63) is 54.1 Å². The third kappa shape index (κ3) is 7.42. The number of methoxy groups -OCH3 is 1. The molecule has 0 aromatic heterocycles. The van der Waals surface area contributed by atoms with Crippen LogP contribution in [0, 0.1) is 0 Å². The number of piperidine rings is 1. The fourth-order valence-corrected chi connectivity index (χ4v) is 3.27. The van der Waals surface area contributed by atoms with E-state index < -0.39 is 0 Å². The summed E-state index contributed by atoms with van der Waals surface area (Å²) in [6.07, 6.45) is 5.11. The van der Waals surface area contributed by atoms with Crippen LogP contribution in [0.3, 0.4) is 0 Å². The molecule has 2 aromatic rings. The lowest BCUT2D eigenvalue weighted by Crippen LogP contribution is -2.38. The Morgan fingerprint density at radius 1 is 1.03 bits per heavy atom. The number of nitrogens with zero attached hydrogens (tertiary/aromatic N) is 2. The molecule has 0 saturated carbocycles. The zero-order valence-electron chi connectivity index (χ0n) is 17.7. The first-order valence-corrected chi connectivity index (χ1v) is 10.3. The van der Waals surface area contributed by atoms with E-state index in [0.717, 1.165) is 31.5 Å². The van der Waals surface area contributed by atoms with Crippen LogP contribution < -0.4 is 20.2 Å². The average Bonchev–Trinajstić information content (AvgIpc) is 2.79. The maximum atomic E-state index is 12.1. The van der Waals surface area contributed by atoms with Crippen LogP contribution in [0.2, 0.25) is 0 Å². The molecule has 0 atom stereocenters. The van der Waals surface area contributed by atoms with Crippen LogP contribution in [0.1, 0.15) is 24.8 Å². The van der Waals surface area contributed by atoms with Crippen LogP contribution in [0.15, 0.2) is 53.6 Å². The van der Waals surface area contributed by atoms with Gasteiger partial charge in [0.25, 0.3) is 11.8 Å². The zero-order valence-corrected chi connectivity index (χ0v) is 17.7. The molecule has 1 aliphatic heterocycles. The number of ether oxygens (including phenoxy) is 2. The fraction of sp³-hybridized carbons (Fsp3) is 0.348. The number of nitrogens with one attached hydrogen (secondary N) is 2. The van der Waals surface area contributed by atoms with E-state index in [1.807, 2.05) is 12.1 Å². The van der Waals surface area contributed by atoms with Gasteiger partial charge in [0.1, 0.15) is 11.5 Å². The largest absolute Gasteiger partial charge is 0.495 e. The van der Waals surface area contributed by atoms with Gasteiger partial charge >= 0.3 is 0 Å². The van der Waals surface area contributed by atoms with E-state index in [4.69, 9.17) is 9.47 Å². The number of carbonyl (C=O) groups excluding carboxylic acids is 2. The second-order valence-electron chi connectivity index (χ2n) is 7.24. The number of carbonyl (C=O) groups is 2. The van der Waals surface area contributed by atoms with Gasteiger partial charge in [-0.15, -0.1) is 0 Å². The molecule has 0 unspecified atom stereocenters. The van der Waals surface area contributed by atoms with Crippen molar-refractivity contribution in [2.75, 3.05) is 38.7 Å². The number of benzene rings is 2. The first-order valence-electron chi connectivity index (χ1n) is 10.3. The molecule has 1 fully saturated rings. The SMILES string of the molecule is COc1ccccc1NC(=O)COc1ccc(/C=N\NC(=O)CN2CCCCC2)cc1. The second kappa shape index (κ2) is 11.7. The smallest absolute Gasteiger partial charge is 0.262 e. The van der Waals surface area contributed by atoms with Crippen LogP contribution in [0.4, 0.5) is 5.69 Å². The molecule has 0 radical (unpaired) electrons. The lowest BCUT2D eigenvalue weighted by molar-refractivity contribution is -0.122. The van der Waals surface area contributed by atoms with Crippen LogP contribution in [-0.4, -0.2) is 56.3 Å². The van der Waals surface area contributed by atoms with E-state index in [-0.39, 0.29) is 18.4 Å². The topological polar surface area (TPSA) is 92.3 Å². The molecule has 1 saturated heterocycles. The molecule has 3 rings (SSSR count). The normalized spacial score (nSPS) is 14.2. The van der Waals surface area contributed by atoms with Crippen molar-refractivity contribution in [3.8, 4) is 11.5 Å². The molecule has 0 bridgehead atoms. The Morgan fingerprint density at radius 2 is 1.77 bits per heavy atom. The minimum absolute atomic E-state index is 0.112. The van der Waals surface area contributed by atoms with Gasteiger partial charge < -0.3 is 14.8 Å². The Morgan fingerprint density at radius 3 is 2.52 bits per heavy atom. The highest BCUT2D eigenvalue weighted by Gasteiger charge is 2.13. The molecule has 8 heteroatoms. The van der Waals surface area contributed by atoms with Gasteiger partial charge in [-0.05, 0) is 67.9 Å². The maximum absolute atomic E-state index is 12.1. The summed E-state index contributed by atoms with van der Waals surface area (Å²) < 4.78 is 10.7. The minimum atomic E-state index is -0.286. The molecule has 0 aliphatic carbocycles. The molecule has 1 heterocycles. The number of hydrogen-bond acceptors (Lipinski definition) is 6. The Hall–Kier alpha value is -3.39. The highest BCUT2D eigenvalue weighted by atomic mass is 16.5. The van der Waals surface area contributed by atoms with Crippen LogP contribution in [0.5, 0.6) is 11.5 Å². The van der Waals surface area contributed by atoms with Gasteiger partial charge in [-0.25, -0.2) is 5.43 Å². The van der Waals surface area contributed by atoms with Gasteiger partial charge in [0.2, 0.25) is 0 Å². The number of anilines is 1. The van der Waals surface area contributed by atoms with Crippen molar-refractivity contribution in [2.45, 2.75) is 19.3 Å². The van der Waals surface area contributed by atoms with E-state index in [0.29, 0.717) is 23.7 Å². The molecular weight excluding hydrogens is 396 g/mol. The lowest BCUT2D eigenvalue weighted by Gasteiger charge is -2.25. The average molecular weight is 425 g/mol. The predicted octanol–water partition coefficient (Wildman–Crippen LogP) is 2.65. The van der Waals surface area contributed by atoms with Crippen LogP contribution in [0.25, 0.3) is 0 Å². The van der Waals surface area contributed by atoms with E-state index in [2.05, 4.69) is 20.7 Å². The molecule has 1 aliphatic rings. The summed E-state index contributed by atoms with van der Waals surface area (Å²) >= 11 is 0. The van der Waals surface area contributed by atoms with Crippen LogP contribution in [-0.2, 0) is 9.59 Å². The lowest BCUT2D eigenvalue weighted by atomic mass is 10.1. The van der Waals surface area contributed by atoms with Gasteiger partial charge in [0.15, 0.2) is 6.61 Å². The van der Waals surface area contributed by atoms with E-state index in [9.17, 15) is 9.59 Å². The molecule has 31 heavy (non-hydrogen) atoms. The standard InChI is InChI=1S/C23H28N4O4/c1-30-21-8-4-3-7-20(21)25-23(29)17-31-19-11-9-18(10-12-19)15-24-26-22(28)16-27-13-5-2-6-14-27/h3-4,7-12,15H,2,5-6,13-14,16-17H2,1H3,(H,25,29)(H,26,28)/b24-15-. The van der Waals surface area contributed by atoms with Gasteiger partial charge in [-0.2, -0.15) is 5.10 Å². The Balaban J connectivity index is 1.40. The van der Waals surface area contributed by atoms with Crippen molar-refractivity contribution in [3.63, 3.8) is 0 Å². The van der Waals surface area contributed by atoms with E-state index >= 15 is 0 Å². The maximum Gasteiger partial charge on any atom is 0.262 e. The first kappa shape index (κ1) is 22.3. The molecular formula is C23H28N4O4. The van der Waals surface area contributed by atoms with Crippen molar-refractivity contribution in [1.29, 1.82) is 0 Å². The van der Waals surface area contributed by atoms with Crippen molar-refractivity contribution >= 4 is 23.7 Å². The van der Waals surface area contributed by atoms with Crippen molar-refractivity contribution in [1.82, 2.24) is 10.3 Å². The Kier molecular flexibility index (Phi) is 8.42. The van der Waals surface area contributed by atoms with Gasteiger partial charge in [-0.1, -0.05) is 18.6 Å². The van der Waals surface area contributed by atoms with Gasteiger partial charge in [0, 0.05) is 0 Å². The second-order valence-corrected chi connectivity index (χ2v) is 7.24. The molecule has 2 aromatic carbocycles. The molecule has 164 valence electrons. The summed E-state index contributed by atoms with van der Waals surface area (Å²) in [6.45, 7) is 2.18. The predicted molar refractivity (Wildman–Crippen MR) is 120 cm³/mol. The number of hydrazone groups is 1.